The van der Waals surface area contributed by atoms with Crippen molar-refractivity contribution in [3.05, 3.63) is 34.9 Å². The monoisotopic (exact) mass is 571 g/mol. The van der Waals surface area contributed by atoms with Gasteiger partial charge in [-0.3, -0.25) is 14.4 Å². The van der Waals surface area contributed by atoms with Crippen LogP contribution in [-0.2, 0) is 0 Å². The molecular weight excluding hydrogens is 510 g/mol. The molecule has 0 unspecified atom stereocenters. The summed E-state index contributed by atoms with van der Waals surface area (Å²) < 4.78 is 0. The predicted octanol–water partition coefficient (Wildman–Crippen LogP) is 8.45. The van der Waals surface area contributed by atoms with Crippen LogP contribution >= 0.6 is 0 Å². The second-order valence-electron chi connectivity index (χ2n) is 12.3. The molecule has 41 heavy (non-hydrogen) atoms. The maximum atomic E-state index is 13.1. The molecule has 6 nitrogen and oxygen atoms in total. The molecule has 0 aliphatic heterocycles. The highest BCUT2D eigenvalue weighted by atomic mass is 16.2. The molecule has 0 saturated carbocycles. The third kappa shape index (κ3) is 17.9. The van der Waals surface area contributed by atoms with Gasteiger partial charge in [-0.15, -0.1) is 0 Å². The Bertz CT molecular complexity index is 820. The quantitative estimate of drug-likeness (QED) is 0.109. The zero-order chi connectivity index (χ0) is 30.3. The van der Waals surface area contributed by atoms with Crippen LogP contribution < -0.4 is 16.0 Å². The van der Waals surface area contributed by atoms with Crippen LogP contribution in [0.2, 0.25) is 0 Å². The summed E-state index contributed by atoms with van der Waals surface area (Å²) in [7, 11) is 0. The second kappa shape index (κ2) is 23.2. The van der Waals surface area contributed by atoms with Crippen LogP contribution in [0.15, 0.2) is 18.2 Å². The van der Waals surface area contributed by atoms with Crippen LogP contribution in [0.5, 0.6) is 0 Å². The van der Waals surface area contributed by atoms with Crippen molar-refractivity contribution >= 4 is 17.7 Å². The van der Waals surface area contributed by atoms with Crippen molar-refractivity contribution in [3.63, 3.8) is 0 Å². The van der Waals surface area contributed by atoms with Crippen molar-refractivity contribution in [2.75, 3.05) is 19.6 Å². The van der Waals surface area contributed by atoms with Crippen molar-refractivity contribution < 1.29 is 14.4 Å². The maximum absolute atomic E-state index is 13.1. The van der Waals surface area contributed by atoms with Gasteiger partial charge in [-0.1, -0.05) is 118 Å². The Balaban J connectivity index is 2.77. The van der Waals surface area contributed by atoms with Gasteiger partial charge in [-0.05, 0) is 49.3 Å². The van der Waals surface area contributed by atoms with E-state index < -0.39 is 0 Å². The van der Waals surface area contributed by atoms with Gasteiger partial charge in [0.25, 0.3) is 17.7 Å². The molecule has 3 amide bonds. The van der Waals surface area contributed by atoms with Gasteiger partial charge in [0.15, 0.2) is 0 Å². The highest BCUT2D eigenvalue weighted by Gasteiger charge is 2.17. The average Bonchev–Trinajstić information content (AvgIpc) is 2.95. The topological polar surface area (TPSA) is 87.3 Å². The first-order valence-corrected chi connectivity index (χ1v) is 16.8. The van der Waals surface area contributed by atoms with E-state index >= 15 is 0 Å². The molecule has 0 bridgehead atoms. The molecule has 234 valence electrons. The summed E-state index contributed by atoms with van der Waals surface area (Å²) in [6.45, 7) is 12.9. The number of unbranched alkanes of at least 4 members (excludes halogenated alkanes) is 10. The van der Waals surface area contributed by atoms with E-state index in [9.17, 15) is 14.4 Å². The Hall–Kier alpha value is -2.37. The number of carbonyl (C=O) groups excluding carboxylic acids is 3. The first-order valence-electron chi connectivity index (χ1n) is 16.8. The number of carbonyl (C=O) groups is 3. The van der Waals surface area contributed by atoms with Gasteiger partial charge < -0.3 is 16.0 Å². The summed E-state index contributed by atoms with van der Waals surface area (Å²) in [5.41, 5.74) is 1.07. The zero-order valence-electron chi connectivity index (χ0n) is 27.0. The lowest BCUT2D eigenvalue weighted by atomic mass is 9.97. The van der Waals surface area contributed by atoms with Crippen molar-refractivity contribution in [2.45, 2.75) is 137 Å². The molecule has 1 aromatic rings. The van der Waals surface area contributed by atoms with Crippen LogP contribution in [0.1, 0.15) is 168 Å². The van der Waals surface area contributed by atoms with E-state index in [2.05, 4.69) is 50.6 Å². The molecular formula is C35H61N3O3. The minimum Gasteiger partial charge on any atom is -0.352 e. The molecule has 1 atom stereocenters. The summed E-state index contributed by atoms with van der Waals surface area (Å²) in [6, 6.07) is 4.84. The number of benzene rings is 1. The fourth-order valence-electron chi connectivity index (χ4n) is 4.99. The lowest BCUT2D eigenvalue weighted by molar-refractivity contribution is 0.0951. The van der Waals surface area contributed by atoms with Gasteiger partial charge in [0.1, 0.15) is 0 Å². The molecule has 0 heterocycles. The molecule has 1 aromatic carbocycles. The average molecular weight is 572 g/mol. The summed E-state index contributed by atoms with van der Waals surface area (Å²) in [5.74, 6) is 0.537. The third-order valence-corrected chi connectivity index (χ3v) is 7.75. The fraction of sp³-hybridized carbons (Fsp3) is 0.743. The summed E-state index contributed by atoms with van der Waals surface area (Å²) in [4.78, 5) is 39.1. The molecule has 0 radical (unpaired) electrons. The first-order chi connectivity index (χ1) is 19.8. The molecule has 0 aromatic heterocycles. The summed E-state index contributed by atoms with van der Waals surface area (Å²) >= 11 is 0. The van der Waals surface area contributed by atoms with Gasteiger partial charge in [-0.25, -0.2) is 0 Å². The van der Waals surface area contributed by atoms with E-state index in [0.717, 1.165) is 44.4 Å². The van der Waals surface area contributed by atoms with Crippen LogP contribution in [0.3, 0.4) is 0 Å². The van der Waals surface area contributed by atoms with Crippen LogP contribution in [0.4, 0.5) is 0 Å². The van der Waals surface area contributed by atoms with E-state index in [1.807, 2.05) is 0 Å². The smallest absolute Gasteiger partial charge is 0.251 e. The molecule has 0 aliphatic rings. The molecule has 3 N–H and O–H groups in total. The normalized spacial score (nSPS) is 11.9. The summed E-state index contributed by atoms with van der Waals surface area (Å²) in [5, 5.41) is 8.98. The van der Waals surface area contributed by atoms with Gasteiger partial charge in [0, 0.05) is 36.3 Å². The van der Waals surface area contributed by atoms with Crippen molar-refractivity contribution in [2.24, 2.45) is 11.8 Å². The highest BCUT2D eigenvalue weighted by Crippen LogP contribution is 2.16. The van der Waals surface area contributed by atoms with Crippen molar-refractivity contribution in [1.82, 2.24) is 16.0 Å². The van der Waals surface area contributed by atoms with E-state index in [4.69, 9.17) is 0 Å². The van der Waals surface area contributed by atoms with Crippen molar-refractivity contribution in [1.29, 1.82) is 0 Å². The highest BCUT2D eigenvalue weighted by molar-refractivity contribution is 6.04. The SMILES string of the molecule is CCCCCCCCNC(=O)c1cc(C(=O)NCCCCCCCC)cc(C(=O)NCC[C@@H](C)CCCC(C)C)c1. The van der Waals surface area contributed by atoms with E-state index in [1.165, 1.54) is 64.2 Å². The second-order valence-corrected chi connectivity index (χ2v) is 12.3. The first kappa shape index (κ1) is 36.7. The fourth-order valence-corrected chi connectivity index (χ4v) is 4.99. The number of hydrogen-bond acceptors (Lipinski definition) is 3. The lowest BCUT2D eigenvalue weighted by Gasteiger charge is -2.14. The maximum Gasteiger partial charge on any atom is 0.251 e. The Labute approximate surface area is 251 Å². The molecule has 0 saturated heterocycles. The van der Waals surface area contributed by atoms with E-state index in [1.54, 1.807) is 18.2 Å². The minimum absolute atomic E-state index is 0.239. The van der Waals surface area contributed by atoms with Gasteiger partial charge >= 0.3 is 0 Å². The molecule has 0 spiro atoms. The predicted molar refractivity (Wildman–Crippen MR) is 173 cm³/mol. The molecule has 0 fully saturated rings. The number of hydrogen-bond donors (Lipinski definition) is 3. The Morgan fingerprint density at radius 1 is 0.512 bits per heavy atom. The summed E-state index contributed by atoms with van der Waals surface area (Å²) in [6.07, 6.45) is 18.3. The molecule has 0 aliphatic carbocycles. The van der Waals surface area contributed by atoms with Crippen molar-refractivity contribution in [3.8, 4) is 0 Å². The third-order valence-electron chi connectivity index (χ3n) is 7.75. The van der Waals surface area contributed by atoms with Crippen LogP contribution in [0.25, 0.3) is 0 Å². The number of rotatable bonds is 24. The van der Waals surface area contributed by atoms with E-state index in [0.29, 0.717) is 42.2 Å². The van der Waals surface area contributed by atoms with Gasteiger partial charge in [-0.2, -0.15) is 0 Å². The van der Waals surface area contributed by atoms with Gasteiger partial charge in [0.2, 0.25) is 0 Å². The Morgan fingerprint density at radius 3 is 1.32 bits per heavy atom. The molecule has 6 heteroatoms. The van der Waals surface area contributed by atoms with E-state index in [-0.39, 0.29) is 17.7 Å². The lowest BCUT2D eigenvalue weighted by Crippen LogP contribution is -2.29. The largest absolute Gasteiger partial charge is 0.352 e. The Kier molecular flexibility index (Phi) is 20.8. The zero-order valence-corrected chi connectivity index (χ0v) is 27.0. The minimum atomic E-state index is -0.241. The van der Waals surface area contributed by atoms with Crippen LogP contribution in [0, 0.1) is 11.8 Å². The molecule has 1 rings (SSSR count). The standard InChI is InChI=1S/C35H61N3O3/c1-6-8-10-12-14-16-22-36-33(39)30-25-31(34(40)37-23-17-15-13-11-9-7-2)27-32(26-30)35(41)38-24-21-29(5)20-18-19-28(3)4/h25-29H,6-24H2,1-5H3,(H,36,39)(H,37,40)(H,38,41)/t29-/m0/s1. The number of nitrogens with one attached hydrogen (secondary N) is 3. The van der Waals surface area contributed by atoms with Gasteiger partial charge in [0.05, 0.1) is 0 Å². The number of amides is 3. The van der Waals surface area contributed by atoms with Crippen LogP contribution in [-0.4, -0.2) is 37.4 Å². The Morgan fingerprint density at radius 2 is 0.902 bits per heavy atom.